The second kappa shape index (κ2) is 7.38. The number of rotatable bonds is 6. The van der Waals surface area contributed by atoms with E-state index in [4.69, 9.17) is 9.47 Å². The summed E-state index contributed by atoms with van der Waals surface area (Å²) in [5, 5.41) is 2.90. The van der Waals surface area contributed by atoms with Crippen LogP contribution in [0.15, 0.2) is 36.4 Å². The summed E-state index contributed by atoms with van der Waals surface area (Å²) in [5.41, 5.74) is 3.16. The summed E-state index contributed by atoms with van der Waals surface area (Å²) in [6.45, 7) is 0.447. The summed E-state index contributed by atoms with van der Waals surface area (Å²) in [5.74, 6) is 1.27. The zero-order chi connectivity index (χ0) is 17.8. The van der Waals surface area contributed by atoms with Gasteiger partial charge in [-0.2, -0.15) is 0 Å². The Balaban J connectivity index is 1.78. The van der Waals surface area contributed by atoms with Crippen molar-refractivity contribution in [3.8, 4) is 11.5 Å². The molecule has 3 rings (SSSR count). The molecule has 0 aromatic heterocycles. The van der Waals surface area contributed by atoms with Gasteiger partial charge in [-0.3, -0.25) is 9.59 Å². The van der Waals surface area contributed by atoms with E-state index in [0.29, 0.717) is 42.9 Å². The minimum Gasteiger partial charge on any atom is -0.493 e. The molecule has 0 atom stereocenters. The highest BCUT2D eigenvalue weighted by atomic mass is 16.5. The topological polar surface area (TPSA) is 64.6 Å². The van der Waals surface area contributed by atoms with Gasteiger partial charge in [0.1, 0.15) is 0 Å². The number of ether oxygens (including phenoxy) is 2. The zero-order valence-electron chi connectivity index (χ0n) is 14.4. The van der Waals surface area contributed by atoms with E-state index >= 15 is 0 Å². The summed E-state index contributed by atoms with van der Waals surface area (Å²) in [7, 11) is 3.17. The highest BCUT2D eigenvalue weighted by Crippen LogP contribution is 2.40. The summed E-state index contributed by atoms with van der Waals surface area (Å²) in [6, 6.07) is 10.9. The lowest BCUT2D eigenvalue weighted by molar-refractivity contribution is 0.0953. The molecule has 2 aromatic carbocycles. The minimum absolute atomic E-state index is 0.121. The molecule has 1 aliphatic rings. The molecule has 1 aliphatic carbocycles. The fraction of sp³-hybridized carbons (Fsp3) is 0.300. The quantitative estimate of drug-likeness (QED) is 0.879. The number of nitrogens with one attached hydrogen (secondary N) is 1. The average molecular weight is 339 g/mol. The fourth-order valence-electron chi connectivity index (χ4n) is 3.28. The van der Waals surface area contributed by atoms with Crippen molar-refractivity contribution in [1.29, 1.82) is 0 Å². The zero-order valence-corrected chi connectivity index (χ0v) is 14.4. The number of fused-ring (bicyclic) bond motifs is 1. The standard InChI is InChI=1S/C20H21NO4/c1-24-17-12-14(18-15(19(17)25-2)8-9-16(18)22)10-11-21-20(23)13-6-4-3-5-7-13/h3-7,12H,8-11H2,1-2H3,(H,21,23). The normalized spacial score (nSPS) is 12.6. The lowest BCUT2D eigenvalue weighted by Crippen LogP contribution is -2.26. The molecule has 1 amide bonds. The van der Waals surface area contributed by atoms with Crippen molar-refractivity contribution < 1.29 is 19.1 Å². The Kier molecular flexibility index (Phi) is 5.03. The van der Waals surface area contributed by atoms with Crippen molar-refractivity contribution in [1.82, 2.24) is 5.32 Å². The molecule has 0 heterocycles. The van der Waals surface area contributed by atoms with Crippen LogP contribution in [0.4, 0.5) is 0 Å². The van der Waals surface area contributed by atoms with E-state index in [1.807, 2.05) is 24.3 Å². The van der Waals surface area contributed by atoms with Crippen LogP contribution in [0.1, 0.15) is 38.3 Å². The van der Waals surface area contributed by atoms with E-state index in [9.17, 15) is 9.59 Å². The Bertz CT molecular complexity index is 799. The molecule has 0 bridgehead atoms. The Morgan fingerprint density at radius 3 is 2.56 bits per heavy atom. The average Bonchev–Trinajstić information content (AvgIpc) is 3.03. The van der Waals surface area contributed by atoms with E-state index in [1.54, 1.807) is 26.4 Å². The van der Waals surface area contributed by atoms with Crippen molar-refractivity contribution >= 4 is 11.7 Å². The third kappa shape index (κ3) is 3.36. The van der Waals surface area contributed by atoms with Crippen molar-refractivity contribution in [3.05, 3.63) is 58.7 Å². The predicted octanol–water partition coefficient (Wildman–Crippen LogP) is 2.81. The molecular formula is C20H21NO4. The van der Waals surface area contributed by atoms with Crippen molar-refractivity contribution in [2.24, 2.45) is 0 Å². The third-order valence-corrected chi connectivity index (χ3v) is 4.45. The lowest BCUT2D eigenvalue weighted by atomic mass is 9.98. The summed E-state index contributed by atoms with van der Waals surface area (Å²) in [6.07, 6.45) is 1.72. The molecule has 0 spiro atoms. The molecule has 0 radical (unpaired) electrons. The summed E-state index contributed by atoms with van der Waals surface area (Å²) in [4.78, 5) is 24.4. The molecule has 0 saturated heterocycles. The van der Waals surface area contributed by atoms with Gasteiger partial charge in [-0.15, -0.1) is 0 Å². The van der Waals surface area contributed by atoms with Crippen LogP contribution in [0, 0.1) is 0 Å². The summed E-state index contributed by atoms with van der Waals surface area (Å²) < 4.78 is 10.8. The van der Waals surface area contributed by atoms with Crippen LogP contribution in [-0.4, -0.2) is 32.5 Å². The van der Waals surface area contributed by atoms with E-state index in [0.717, 1.165) is 16.7 Å². The van der Waals surface area contributed by atoms with Crippen LogP contribution in [0.25, 0.3) is 0 Å². The van der Waals surface area contributed by atoms with Crippen molar-refractivity contribution in [2.45, 2.75) is 19.3 Å². The maximum Gasteiger partial charge on any atom is 0.251 e. The van der Waals surface area contributed by atoms with Gasteiger partial charge in [0, 0.05) is 29.7 Å². The number of benzene rings is 2. The molecule has 130 valence electrons. The predicted molar refractivity (Wildman–Crippen MR) is 94.7 cm³/mol. The van der Waals surface area contributed by atoms with Gasteiger partial charge in [0.05, 0.1) is 14.2 Å². The monoisotopic (exact) mass is 339 g/mol. The minimum atomic E-state index is -0.121. The van der Waals surface area contributed by atoms with Gasteiger partial charge in [0.2, 0.25) is 0 Å². The number of hydrogen-bond donors (Lipinski definition) is 1. The number of hydrogen-bond acceptors (Lipinski definition) is 4. The first-order valence-electron chi connectivity index (χ1n) is 8.29. The van der Waals surface area contributed by atoms with Gasteiger partial charge >= 0.3 is 0 Å². The number of Topliss-reactive ketones (excluding diaryl/α,β-unsaturated/α-hetero) is 1. The first kappa shape index (κ1) is 17.0. The molecule has 25 heavy (non-hydrogen) atoms. The van der Waals surface area contributed by atoms with E-state index in [1.165, 1.54) is 0 Å². The largest absolute Gasteiger partial charge is 0.493 e. The number of carbonyl (C=O) groups excluding carboxylic acids is 2. The number of methoxy groups -OCH3 is 2. The Morgan fingerprint density at radius 2 is 1.88 bits per heavy atom. The van der Waals surface area contributed by atoms with Crippen LogP contribution >= 0.6 is 0 Å². The molecule has 0 fully saturated rings. The molecular weight excluding hydrogens is 318 g/mol. The summed E-state index contributed by atoms with van der Waals surface area (Å²) >= 11 is 0. The molecule has 5 heteroatoms. The van der Waals surface area contributed by atoms with Gasteiger partial charge in [0.15, 0.2) is 17.3 Å². The number of carbonyl (C=O) groups is 2. The SMILES string of the molecule is COc1cc(CCNC(=O)c2ccccc2)c2c(c1OC)CCC2=O. The molecule has 5 nitrogen and oxygen atoms in total. The number of ketones is 1. The first-order chi connectivity index (χ1) is 12.2. The van der Waals surface area contributed by atoms with Crippen LogP contribution in [0.3, 0.4) is 0 Å². The Labute approximate surface area is 147 Å². The van der Waals surface area contributed by atoms with Gasteiger partial charge in [-0.1, -0.05) is 18.2 Å². The second-order valence-corrected chi connectivity index (χ2v) is 5.92. The number of amides is 1. The fourth-order valence-corrected chi connectivity index (χ4v) is 3.28. The van der Waals surface area contributed by atoms with Gasteiger partial charge in [-0.25, -0.2) is 0 Å². The molecule has 0 aliphatic heterocycles. The first-order valence-corrected chi connectivity index (χ1v) is 8.29. The van der Waals surface area contributed by atoms with Gasteiger partial charge in [-0.05, 0) is 36.6 Å². The molecule has 2 aromatic rings. The third-order valence-electron chi connectivity index (χ3n) is 4.45. The second-order valence-electron chi connectivity index (χ2n) is 5.92. The molecule has 1 N–H and O–H groups in total. The highest BCUT2D eigenvalue weighted by molar-refractivity contribution is 6.03. The van der Waals surface area contributed by atoms with Crippen LogP contribution < -0.4 is 14.8 Å². The van der Waals surface area contributed by atoms with Gasteiger partial charge < -0.3 is 14.8 Å². The lowest BCUT2D eigenvalue weighted by Gasteiger charge is -2.16. The molecule has 0 saturated carbocycles. The Hall–Kier alpha value is -2.82. The Morgan fingerprint density at radius 1 is 1.12 bits per heavy atom. The molecule has 0 unspecified atom stereocenters. The van der Waals surface area contributed by atoms with Crippen molar-refractivity contribution in [3.63, 3.8) is 0 Å². The maximum atomic E-state index is 12.3. The van der Waals surface area contributed by atoms with E-state index in [2.05, 4.69) is 5.32 Å². The van der Waals surface area contributed by atoms with Crippen LogP contribution in [0.2, 0.25) is 0 Å². The highest BCUT2D eigenvalue weighted by Gasteiger charge is 2.28. The van der Waals surface area contributed by atoms with E-state index in [-0.39, 0.29) is 11.7 Å². The van der Waals surface area contributed by atoms with Crippen molar-refractivity contribution in [2.75, 3.05) is 20.8 Å². The van der Waals surface area contributed by atoms with E-state index < -0.39 is 0 Å². The van der Waals surface area contributed by atoms with Crippen LogP contribution in [-0.2, 0) is 12.8 Å². The maximum absolute atomic E-state index is 12.3. The van der Waals surface area contributed by atoms with Gasteiger partial charge in [0.25, 0.3) is 5.91 Å². The smallest absolute Gasteiger partial charge is 0.251 e. The van der Waals surface area contributed by atoms with Crippen LogP contribution in [0.5, 0.6) is 11.5 Å².